The van der Waals surface area contributed by atoms with Gasteiger partial charge in [0.15, 0.2) is 5.43 Å². The molecule has 1 heterocycles. The largest absolute Gasteiger partial charge is 0.361 e. The molecule has 5 heteroatoms. The summed E-state index contributed by atoms with van der Waals surface area (Å²) in [5.41, 5.74) is 0.737. The second kappa shape index (κ2) is 4.45. The van der Waals surface area contributed by atoms with Crippen molar-refractivity contribution in [3.8, 4) is 0 Å². The van der Waals surface area contributed by atoms with E-state index < -0.39 is 0 Å². The molecular weight excluding hydrogens is 250 g/mol. The molecule has 3 rings (SSSR count). The van der Waals surface area contributed by atoms with Crippen molar-refractivity contribution in [1.29, 1.82) is 0 Å². The lowest BCUT2D eigenvalue weighted by Crippen LogP contribution is -2.01. The second-order valence-electron chi connectivity index (χ2n) is 3.84. The minimum absolute atomic E-state index is 0.0552. The van der Waals surface area contributed by atoms with Crippen molar-refractivity contribution in [1.82, 2.24) is 4.98 Å². The van der Waals surface area contributed by atoms with Crippen molar-refractivity contribution in [3.63, 3.8) is 0 Å². The summed E-state index contributed by atoms with van der Waals surface area (Å²) < 4.78 is 4.09. The van der Waals surface area contributed by atoms with Crippen LogP contribution >= 0.6 is 12.0 Å². The highest BCUT2D eigenvalue weighted by atomic mass is 32.2. The standard InChI is InChI=1S/C13H9NO3S/c15-10-5-6-11(18-17-16)9-4-3-8-2-1-7-14-13(8)12(9)10/h1-7,14,16H. The molecule has 0 saturated heterocycles. The van der Waals surface area contributed by atoms with Crippen molar-refractivity contribution in [3.05, 3.63) is 52.8 Å². The van der Waals surface area contributed by atoms with Crippen LogP contribution in [0.5, 0.6) is 0 Å². The Morgan fingerprint density at radius 1 is 1.17 bits per heavy atom. The molecule has 4 nitrogen and oxygen atoms in total. The summed E-state index contributed by atoms with van der Waals surface area (Å²) in [6.07, 6.45) is 1.78. The van der Waals surface area contributed by atoms with Crippen LogP contribution in [0.4, 0.5) is 0 Å². The number of rotatable bonds is 2. The molecule has 0 radical (unpaired) electrons. The predicted octanol–water partition coefficient (Wildman–Crippen LogP) is 3.18. The van der Waals surface area contributed by atoms with Crippen molar-refractivity contribution in [2.45, 2.75) is 4.90 Å². The smallest absolute Gasteiger partial charge is 0.188 e. The van der Waals surface area contributed by atoms with E-state index in [2.05, 4.69) is 9.32 Å². The number of pyridine rings is 1. The molecule has 0 bridgehead atoms. The lowest BCUT2D eigenvalue weighted by atomic mass is 10.1. The highest BCUT2D eigenvalue weighted by Crippen LogP contribution is 2.29. The maximum atomic E-state index is 12.0. The number of nitrogens with one attached hydrogen (secondary N) is 1. The highest BCUT2D eigenvalue weighted by Gasteiger charge is 2.09. The van der Waals surface area contributed by atoms with E-state index in [-0.39, 0.29) is 5.43 Å². The van der Waals surface area contributed by atoms with Crippen molar-refractivity contribution in [2.75, 3.05) is 0 Å². The number of hydrogen-bond acceptors (Lipinski definition) is 4. The topological polar surface area (TPSA) is 62.3 Å². The average Bonchev–Trinajstić information content (AvgIpc) is 2.41. The maximum absolute atomic E-state index is 12.0. The summed E-state index contributed by atoms with van der Waals surface area (Å²) >= 11 is 0.825. The van der Waals surface area contributed by atoms with Crippen LogP contribution in [0.2, 0.25) is 0 Å². The van der Waals surface area contributed by atoms with Crippen LogP contribution in [0.1, 0.15) is 0 Å². The van der Waals surface area contributed by atoms with E-state index in [4.69, 9.17) is 5.26 Å². The molecular formula is C13H9NO3S. The molecule has 0 spiro atoms. The Kier molecular flexibility index (Phi) is 2.79. The lowest BCUT2D eigenvalue weighted by molar-refractivity contribution is -0.116. The van der Waals surface area contributed by atoms with Crippen molar-refractivity contribution >= 4 is 33.7 Å². The van der Waals surface area contributed by atoms with E-state index in [0.717, 1.165) is 28.3 Å². The maximum Gasteiger partial charge on any atom is 0.188 e. The van der Waals surface area contributed by atoms with Crippen molar-refractivity contribution < 1.29 is 9.59 Å². The van der Waals surface area contributed by atoms with Crippen LogP contribution in [-0.2, 0) is 4.33 Å². The minimum atomic E-state index is -0.0552. The van der Waals surface area contributed by atoms with E-state index in [9.17, 15) is 4.79 Å². The third-order valence-corrected chi connectivity index (χ3v) is 3.47. The first-order valence-electron chi connectivity index (χ1n) is 5.32. The monoisotopic (exact) mass is 259 g/mol. The van der Waals surface area contributed by atoms with Crippen molar-refractivity contribution in [2.24, 2.45) is 0 Å². The molecule has 0 aliphatic heterocycles. The zero-order chi connectivity index (χ0) is 12.5. The van der Waals surface area contributed by atoms with Gasteiger partial charge in [0.25, 0.3) is 0 Å². The molecule has 2 N–H and O–H groups in total. The normalized spacial score (nSPS) is 11.2. The van der Waals surface area contributed by atoms with E-state index in [1.54, 1.807) is 12.3 Å². The fourth-order valence-electron chi connectivity index (χ4n) is 2.09. The van der Waals surface area contributed by atoms with Crippen LogP contribution in [0, 0.1) is 0 Å². The van der Waals surface area contributed by atoms with E-state index >= 15 is 0 Å². The van der Waals surface area contributed by atoms with E-state index in [1.807, 2.05) is 24.3 Å². The van der Waals surface area contributed by atoms with Crippen LogP contribution in [0.15, 0.2) is 52.3 Å². The predicted molar refractivity (Wildman–Crippen MR) is 71.6 cm³/mol. The molecule has 2 aromatic carbocycles. The van der Waals surface area contributed by atoms with Gasteiger partial charge in [-0.2, -0.15) is 4.33 Å². The van der Waals surface area contributed by atoms with Gasteiger partial charge >= 0.3 is 0 Å². The molecule has 0 saturated carbocycles. The van der Waals surface area contributed by atoms with Gasteiger partial charge in [0.2, 0.25) is 0 Å². The number of fused-ring (bicyclic) bond motifs is 3. The third-order valence-electron chi connectivity index (χ3n) is 2.86. The Labute approximate surface area is 106 Å². The molecule has 90 valence electrons. The Morgan fingerprint density at radius 2 is 2.06 bits per heavy atom. The first-order valence-corrected chi connectivity index (χ1v) is 6.06. The lowest BCUT2D eigenvalue weighted by Gasteiger charge is -2.06. The van der Waals surface area contributed by atoms with Gasteiger partial charge in [0, 0.05) is 16.5 Å². The molecule has 3 aromatic rings. The van der Waals surface area contributed by atoms with Crippen LogP contribution in [-0.4, -0.2) is 10.2 Å². The van der Waals surface area contributed by atoms with Gasteiger partial charge in [-0.05, 0) is 23.6 Å². The Morgan fingerprint density at radius 3 is 2.89 bits per heavy atom. The quantitative estimate of drug-likeness (QED) is 0.321. The zero-order valence-corrected chi connectivity index (χ0v) is 10.0. The third kappa shape index (κ3) is 1.69. The summed E-state index contributed by atoms with van der Waals surface area (Å²) in [7, 11) is 0. The molecule has 0 fully saturated rings. The van der Waals surface area contributed by atoms with Gasteiger partial charge in [-0.1, -0.05) is 18.2 Å². The van der Waals surface area contributed by atoms with Crippen LogP contribution in [0.25, 0.3) is 21.7 Å². The Bertz CT molecular complexity index is 782. The molecule has 0 amide bonds. The van der Waals surface area contributed by atoms with Gasteiger partial charge in [0.1, 0.15) is 0 Å². The first-order chi connectivity index (χ1) is 8.81. The van der Waals surface area contributed by atoms with E-state index in [0.29, 0.717) is 10.3 Å². The summed E-state index contributed by atoms with van der Waals surface area (Å²) in [4.78, 5) is 15.8. The molecule has 1 aromatic heterocycles. The fraction of sp³-hybridized carbons (Fsp3) is 0. The van der Waals surface area contributed by atoms with Gasteiger partial charge < -0.3 is 4.98 Å². The number of aromatic nitrogens is 1. The fourth-order valence-corrected chi connectivity index (χ4v) is 2.56. The van der Waals surface area contributed by atoms with Gasteiger partial charge in [-0.25, -0.2) is 5.26 Å². The van der Waals surface area contributed by atoms with Crippen LogP contribution in [0.3, 0.4) is 0 Å². The molecule has 18 heavy (non-hydrogen) atoms. The van der Waals surface area contributed by atoms with Crippen LogP contribution < -0.4 is 5.43 Å². The van der Waals surface area contributed by atoms with Gasteiger partial charge in [-0.3, -0.25) is 4.79 Å². The first kappa shape index (κ1) is 11.3. The van der Waals surface area contributed by atoms with E-state index in [1.165, 1.54) is 6.07 Å². The van der Waals surface area contributed by atoms with Gasteiger partial charge in [-0.15, -0.1) is 0 Å². The number of hydrogen-bond donors (Lipinski definition) is 2. The molecule has 0 aliphatic rings. The molecule has 0 atom stereocenters. The van der Waals surface area contributed by atoms with Gasteiger partial charge in [0.05, 0.1) is 22.9 Å². The highest BCUT2D eigenvalue weighted by molar-refractivity contribution is 7.94. The second-order valence-corrected chi connectivity index (χ2v) is 4.60. The number of benzene rings is 2. The average molecular weight is 259 g/mol. The molecule has 0 unspecified atom stereocenters. The summed E-state index contributed by atoms with van der Waals surface area (Å²) in [6.45, 7) is 0. The zero-order valence-electron chi connectivity index (χ0n) is 9.21. The Balaban J connectivity index is 2.50. The summed E-state index contributed by atoms with van der Waals surface area (Å²) in [5.74, 6) is 0. The summed E-state index contributed by atoms with van der Waals surface area (Å²) in [5, 5.41) is 10.9. The Hall–Kier alpha value is -1.82. The minimum Gasteiger partial charge on any atom is -0.361 e. The molecule has 0 aliphatic carbocycles. The number of H-pyrrole nitrogens is 1. The number of aromatic amines is 1. The SMILES string of the molecule is O=c1ccc(SOO)c2ccc3ccc[nH]c3c12. The summed E-state index contributed by atoms with van der Waals surface area (Å²) in [6, 6.07) is 10.7.